The van der Waals surface area contributed by atoms with Crippen LogP contribution in [0.5, 0.6) is 0 Å². The van der Waals surface area contributed by atoms with Gasteiger partial charge in [-0.3, -0.25) is 0 Å². The summed E-state index contributed by atoms with van der Waals surface area (Å²) < 4.78 is 25.3. The van der Waals surface area contributed by atoms with Crippen LogP contribution in [-0.2, 0) is 11.2 Å². The van der Waals surface area contributed by atoms with Crippen LogP contribution in [0.15, 0.2) is 22.7 Å². The van der Waals surface area contributed by atoms with Crippen molar-refractivity contribution in [3.05, 3.63) is 33.8 Å². The molecule has 1 rings (SSSR count). The summed E-state index contributed by atoms with van der Waals surface area (Å²) in [7, 11) is 0. The molecule has 0 radical (unpaired) electrons. The van der Waals surface area contributed by atoms with Gasteiger partial charge in [0, 0.05) is 16.5 Å². The maximum absolute atomic E-state index is 12.4. The summed E-state index contributed by atoms with van der Waals surface area (Å²) >= 11 is 3.15. The number of hydrogen-bond donors (Lipinski definition) is 0. The fraction of sp³-hybridized carbons (Fsp3) is 0.300. The number of halogens is 3. The molecular weight excluding hydrogens is 254 g/mol. The standard InChI is InChI=1S/C10H9BrF2O/c11-9-5-7(2-1-3-14)4-8(6-9)10(12)13/h3-6,10H,1-2H2. The maximum Gasteiger partial charge on any atom is 0.263 e. The summed E-state index contributed by atoms with van der Waals surface area (Å²) in [6.07, 6.45) is -0.826. The van der Waals surface area contributed by atoms with E-state index in [2.05, 4.69) is 15.9 Å². The predicted octanol–water partition coefficient (Wildman–Crippen LogP) is 3.52. The molecule has 0 fully saturated rings. The fourth-order valence-corrected chi connectivity index (χ4v) is 1.73. The zero-order valence-electron chi connectivity index (χ0n) is 7.34. The van der Waals surface area contributed by atoms with Crippen molar-refractivity contribution in [2.75, 3.05) is 0 Å². The highest BCUT2D eigenvalue weighted by molar-refractivity contribution is 9.10. The van der Waals surface area contributed by atoms with Crippen molar-refractivity contribution in [1.82, 2.24) is 0 Å². The average molecular weight is 263 g/mol. The van der Waals surface area contributed by atoms with Gasteiger partial charge in [0.1, 0.15) is 6.29 Å². The largest absolute Gasteiger partial charge is 0.303 e. The molecule has 0 amide bonds. The van der Waals surface area contributed by atoms with Crippen LogP contribution in [0, 0.1) is 0 Å². The quantitative estimate of drug-likeness (QED) is 0.759. The summed E-state index contributed by atoms with van der Waals surface area (Å²) in [5, 5.41) is 0. The molecule has 14 heavy (non-hydrogen) atoms. The normalized spacial score (nSPS) is 10.6. The topological polar surface area (TPSA) is 17.1 Å². The van der Waals surface area contributed by atoms with Crippen LogP contribution in [0.3, 0.4) is 0 Å². The maximum atomic E-state index is 12.4. The van der Waals surface area contributed by atoms with Gasteiger partial charge in [-0.15, -0.1) is 0 Å². The molecule has 0 N–H and O–H groups in total. The first-order chi connectivity index (χ1) is 6.63. The van der Waals surface area contributed by atoms with Crippen molar-refractivity contribution >= 4 is 22.2 Å². The van der Waals surface area contributed by atoms with E-state index in [1.807, 2.05) is 0 Å². The number of carbonyl (C=O) groups is 1. The van der Waals surface area contributed by atoms with Gasteiger partial charge in [0.15, 0.2) is 0 Å². The predicted molar refractivity (Wildman–Crippen MR) is 53.5 cm³/mol. The van der Waals surface area contributed by atoms with E-state index < -0.39 is 6.43 Å². The van der Waals surface area contributed by atoms with Gasteiger partial charge in [-0.2, -0.15) is 0 Å². The highest BCUT2D eigenvalue weighted by Gasteiger charge is 2.08. The summed E-state index contributed by atoms with van der Waals surface area (Å²) in [5.41, 5.74) is 0.738. The third-order valence-corrected chi connectivity index (χ3v) is 2.24. The van der Waals surface area contributed by atoms with Crippen LogP contribution in [0.25, 0.3) is 0 Å². The first kappa shape index (κ1) is 11.3. The van der Waals surface area contributed by atoms with Crippen molar-refractivity contribution in [1.29, 1.82) is 0 Å². The van der Waals surface area contributed by atoms with Crippen LogP contribution in [0.4, 0.5) is 8.78 Å². The lowest BCUT2D eigenvalue weighted by atomic mass is 10.1. The Morgan fingerprint density at radius 2 is 2.07 bits per heavy atom. The molecule has 0 aliphatic heterocycles. The molecule has 1 aromatic rings. The molecule has 1 nitrogen and oxygen atoms in total. The molecule has 0 aliphatic carbocycles. The monoisotopic (exact) mass is 262 g/mol. The summed E-state index contributed by atoms with van der Waals surface area (Å²) in [6.45, 7) is 0. The molecule has 0 bridgehead atoms. The minimum atomic E-state index is -2.47. The van der Waals surface area contributed by atoms with Crippen molar-refractivity contribution < 1.29 is 13.6 Å². The van der Waals surface area contributed by atoms with Gasteiger partial charge in [0.05, 0.1) is 0 Å². The first-order valence-corrected chi connectivity index (χ1v) is 4.94. The van der Waals surface area contributed by atoms with E-state index in [0.29, 0.717) is 17.3 Å². The first-order valence-electron chi connectivity index (χ1n) is 4.14. The lowest BCUT2D eigenvalue weighted by molar-refractivity contribution is -0.107. The van der Waals surface area contributed by atoms with E-state index >= 15 is 0 Å². The Morgan fingerprint density at radius 3 is 2.64 bits per heavy atom. The molecule has 1 aromatic carbocycles. The van der Waals surface area contributed by atoms with Crippen LogP contribution >= 0.6 is 15.9 Å². The molecule has 0 aliphatic rings. The molecule has 0 aromatic heterocycles. The molecule has 0 unspecified atom stereocenters. The number of aldehydes is 1. The Kier molecular flexibility index (Phi) is 4.20. The number of alkyl halides is 2. The minimum Gasteiger partial charge on any atom is -0.303 e. The molecule has 0 saturated heterocycles. The molecular formula is C10H9BrF2O. The van der Waals surface area contributed by atoms with Gasteiger partial charge in [-0.1, -0.05) is 22.0 Å². The molecule has 0 saturated carbocycles. The van der Waals surface area contributed by atoms with Gasteiger partial charge in [0.2, 0.25) is 0 Å². The number of hydrogen-bond acceptors (Lipinski definition) is 1. The van der Waals surface area contributed by atoms with E-state index in [-0.39, 0.29) is 5.56 Å². The Morgan fingerprint density at radius 1 is 1.36 bits per heavy atom. The Bertz CT molecular complexity index is 326. The van der Waals surface area contributed by atoms with E-state index in [4.69, 9.17) is 0 Å². The second kappa shape index (κ2) is 5.20. The van der Waals surface area contributed by atoms with Gasteiger partial charge in [0.25, 0.3) is 6.43 Å². The minimum absolute atomic E-state index is 0.0136. The SMILES string of the molecule is O=CCCc1cc(Br)cc(C(F)F)c1. The van der Waals surface area contributed by atoms with Crippen molar-refractivity contribution in [2.45, 2.75) is 19.3 Å². The molecule has 0 heterocycles. The zero-order chi connectivity index (χ0) is 10.6. The van der Waals surface area contributed by atoms with Crippen molar-refractivity contribution in [2.24, 2.45) is 0 Å². The summed E-state index contributed by atoms with van der Waals surface area (Å²) in [6, 6.07) is 4.56. The molecule has 0 spiro atoms. The Hall–Kier alpha value is -0.770. The van der Waals surface area contributed by atoms with E-state index in [0.717, 1.165) is 11.8 Å². The van der Waals surface area contributed by atoms with Crippen LogP contribution in [0.1, 0.15) is 24.0 Å². The lowest BCUT2D eigenvalue weighted by Gasteiger charge is -2.04. The highest BCUT2D eigenvalue weighted by atomic mass is 79.9. The average Bonchev–Trinajstić information content (AvgIpc) is 2.14. The van der Waals surface area contributed by atoms with Crippen LogP contribution in [0.2, 0.25) is 0 Å². The van der Waals surface area contributed by atoms with Crippen LogP contribution in [-0.4, -0.2) is 6.29 Å². The number of carbonyl (C=O) groups excluding carboxylic acids is 1. The van der Waals surface area contributed by atoms with Gasteiger partial charge < -0.3 is 4.79 Å². The van der Waals surface area contributed by atoms with E-state index in [9.17, 15) is 13.6 Å². The second-order valence-electron chi connectivity index (χ2n) is 2.90. The Labute approximate surface area is 89.3 Å². The fourth-order valence-electron chi connectivity index (χ4n) is 1.17. The summed E-state index contributed by atoms with van der Waals surface area (Å²) in [4.78, 5) is 10.1. The lowest BCUT2D eigenvalue weighted by Crippen LogP contribution is -1.91. The molecule has 4 heteroatoms. The van der Waals surface area contributed by atoms with Gasteiger partial charge >= 0.3 is 0 Å². The van der Waals surface area contributed by atoms with Crippen molar-refractivity contribution in [3.63, 3.8) is 0 Å². The van der Waals surface area contributed by atoms with Gasteiger partial charge in [-0.05, 0) is 24.1 Å². The summed E-state index contributed by atoms with van der Waals surface area (Å²) in [5.74, 6) is 0. The van der Waals surface area contributed by atoms with Gasteiger partial charge in [-0.25, -0.2) is 8.78 Å². The van der Waals surface area contributed by atoms with E-state index in [1.165, 1.54) is 12.1 Å². The van der Waals surface area contributed by atoms with E-state index in [1.54, 1.807) is 6.07 Å². The van der Waals surface area contributed by atoms with Crippen LogP contribution < -0.4 is 0 Å². The van der Waals surface area contributed by atoms with Crippen molar-refractivity contribution in [3.8, 4) is 0 Å². The number of aryl methyl sites for hydroxylation is 1. The molecule has 76 valence electrons. The third-order valence-electron chi connectivity index (χ3n) is 1.78. The second-order valence-corrected chi connectivity index (χ2v) is 3.81. The third kappa shape index (κ3) is 3.18. The number of rotatable bonds is 4. The zero-order valence-corrected chi connectivity index (χ0v) is 8.93. The Balaban J connectivity index is 2.89. The smallest absolute Gasteiger partial charge is 0.263 e. The highest BCUT2D eigenvalue weighted by Crippen LogP contribution is 2.24. The molecule has 0 atom stereocenters. The number of benzene rings is 1.